The fourth-order valence-electron chi connectivity index (χ4n) is 2.51. The number of hydroxylamine groups is 2. The predicted molar refractivity (Wildman–Crippen MR) is 73.3 cm³/mol. The van der Waals surface area contributed by atoms with Gasteiger partial charge in [0.1, 0.15) is 6.04 Å². The van der Waals surface area contributed by atoms with Crippen molar-refractivity contribution < 1.29 is 31.6 Å². The first-order chi connectivity index (χ1) is 10.7. The highest BCUT2D eigenvalue weighted by Crippen LogP contribution is 2.30. The van der Waals surface area contributed by atoms with Gasteiger partial charge in [-0.3, -0.25) is 25.0 Å². The largest absolute Gasteiger partial charge is 0.418 e. The van der Waals surface area contributed by atoms with E-state index in [0.717, 1.165) is 4.90 Å². The van der Waals surface area contributed by atoms with Crippen molar-refractivity contribution in [2.24, 2.45) is 5.73 Å². The first kappa shape index (κ1) is 17.4. The number of fused-ring (bicyclic) bond motifs is 2. The number of piperidine rings is 1. The highest BCUT2D eigenvalue weighted by Gasteiger charge is 2.49. The standard InChI is InChI=1S/C10H17N5O7S/c11-4-3-8(16)12-13-9(17)7-2-1-6-5-14(7)10(18)15(6)22-23(19,20)21/h6-7H,1-5,11H2,(H,12,16)(H,13,17)(H,19,20,21)/t6?,7-/m0/s1. The minimum Gasteiger partial charge on any atom is -0.330 e. The van der Waals surface area contributed by atoms with Crippen molar-refractivity contribution in [2.75, 3.05) is 13.1 Å². The molecule has 2 aliphatic heterocycles. The van der Waals surface area contributed by atoms with E-state index in [2.05, 4.69) is 15.1 Å². The number of nitrogens with zero attached hydrogens (tertiary/aromatic N) is 2. The summed E-state index contributed by atoms with van der Waals surface area (Å²) in [7, 11) is -4.84. The minimum absolute atomic E-state index is 0.0334. The quantitative estimate of drug-likeness (QED) is 0.310. The van der Waals surface area contributed by atoms with Crippen molar-refractivity contribution in [3.05, 3.63) is 0 Å². The molecule has 23 heavy (non-hydrogen) atoms. The molecule has 13 heteroatoms. The van der Waals surface area contributed by atoms with Gasteiger partial charge in [0.05, 0.1) is 6.04 Å². The van der Waals surface area contributed by atoms with Gasteiger partial charge < -0.3 is 10.6 Å². The Balaban J connectivity index is 1.98. The van der Waals surface area contributed by atoms with Crippen LogP contribution in [0, 0.1) is 0 Å². The number of hydrogen-bond donors (Lipinski definition) is 4. The second-order valence-corrected chi connectivity index (χ2v) is 6.09. The van der Waals surface area contributed by atoms with E-state index in [0.29, 0.717) is 11.5 Å². The number of amides is 4. The Morgan fingerprint density at radius 3 is 2.65 bits per heavy atom. The zero-order valence-corrected chi connectivity index (χ0v) is 12.8. The summed E-state index contributed by atoms with van der Waals surface area (Å²) in [4.78, 5) is 36.5. The summed E-state index contributed by atoms with van der Waals surface area (Å²) in [5.74, 6) is -1.09. The molecule has 0 spiro atoms. The molecular weight excluding hydrogens is 334 g/mol. The summed E-state index contributed by atoms with van der Waals surface area (Å²) in [5.41, 5.74) is 9.55. The van der Waals surface area contributed by atoms with Crippen LogP contribution in [0.25, 0.3) is 0 Å². The average molecular weight is 351 g/mol. The maximum atomic E-state index is 12.1. The van der Waals surface area contributed by atoms with Crippen LogP contribution in [0.1, 0.15) is 19.3 Å². The summed E-state index contributed by atoms with van der Waals surface area (Å²) in [5, 5.41) is 0.537. The average Bonchev–Trinajstić information content (AvgIpc) is 2.69. The van der Waals surface area contributed by atoms with Gasteiger partial charge in [0.25, 0.3) is 5.91 Å². The highest BCUT2D eigenvalue weighted by molar-refractivity contribution is 7.80. The van der Waals surface area contributed by atoms with Gasteiger partial charge in [-0.2, -0.15) is 13.5 Å². The molecule has 130 valence electrons. The molecule has 0 aliphatic carbocycles. The van der Waals surface area contributed by atoms with Crippen LogP contribution < -0.4 is 16.6 Å². The van der Waals surface area contributed by atoms with Crippen molar-refractivity contribution in [1.82, 2.24) is 20.8 Å². The molecule has 0 saturated carbocycles. The maximum absolute atomic E-state index is 12.1. The summed E-state index contributed by atoms with van der Waals surface area (Å²) in [6.45, 7) is 0.197. The van der Waals surface area contributed by atoms with Gasteiger partial charge >= 0.3 is 16.4 Å². The first-order valence-corrected chi connectivity index (χ1v) is 8.15. The third-order valence-electron chi connectivity index (χ3n) is 3.50. The number of urea groups is 1. The molecule has 0 aromatic carbocycles. The molecule has 12 nitrogen and oxygen atoms in total. The van der Waals surface area contributed by atoms with Crippen LogP contribution >= 0.6 is 0 Å². The van der Waals surface area contributed by atoms with Crippen molar-refractivity contribution in [2.45, 2.75) is 31.3 Å². The van der Waals surface area contributed by atoms with E-state index < -0.39 is 40.3 Å². The number of nitrogens with one attached hydrogen (secondary N) is 2. The Bertz CT molecular complexity index is 609. The lowest BCUT2D eigenvalue weighted by atomic mass is 10.0. The molecule has 2 atom stereocenters. The lowest BCUT2D eigenvalue weighted by Gasteiger charge is -2.29. The van der Waals surface area contributed by atoms with Crippen LogP contribution in [0.3, 0.4) is 0 Å². The molecule has 0 radical (unpaired) electrons. The number of nitrogens with two attached hydrogens (primary N) is 1. The molecular formula is C10H17N5O7S. The van der Waals surface area contributed by atoms with Crippen LogP contribution in [-0.4, -0.2) is 66.0 Å². The normalized spacial score (nSPS) is 23.8. The molecule has 2 aliphatic rings. The van der Waals surface area contributed by atoms with Crippen LogP contribution in [-0.2, 0) is 24.3 Å². The highest BCUT2D eigenvalue weighted by atomic mass is 32.3. The second kappa shape index (κ2) is 6.66. The Kier molecular flexibility index (Phi) is 5.03. The Labute approximate surface area is 131 Å². The van der Waals surface area contributed by atoms with E-state index in [1.165, 1.54) is 0 Å². The van der Waals surface area contributed by atoms with Gasteiger partial charge in [0, 0.05) is 19.5 Å². The molecule has 2 fully saturated rings. The minimum atomic E-state index is -4.84. The smallest absolute Gasteiger partial charge is 0.330 e. The van der Waals surface area contributed by atoms with Crippen LogP contribution in [0.4, 0.5) is 4.79 Å². The van der Waals surface area contributed by atoms with E-state index in [4.69, 9.17) is 10.3 Å². The monoisotopic (exact) mass is 351 g/mol. The Hall–Kier alpha value is -1.96. The number of carbonyl (C=O) groups is 3. The lowest BCUT2D eigenvalue weighted by Crippen LogP contribution is -2.54. The molecule has 4 amide bonds. The molecule has 2 heterocycles. The third kappa shape index (κ3) is 4.07. The van der Waals surface area contributed by atoms with Crippen LogP contribution in [0.2, 0.25) is 0 Å². The van der Waals surface area contributed by atoms with Gasteiger partial charge in [0.15, 0.2) is 0 Å². The van der Waals surface area contributed by atoms with E-state index >= 15 is 0 Å². The number of rotatable bonds is 5. The predicted octanol–water partition coefficient (Wildman–Crippen LogP) is -2.51. The van der Waals surface area contributed by atoms with Gasteiger partial charge in [0.2, 0.25) is 5.91 Å². The summed E-state index contributed by atoms with van der Waals surface area (Å²) in [6.07, 6.45) is 0.582. The fraction of sp³-hybridized carbons (Fsp3) is 0.700. The molecule has 0 aromatic rings. The van der Waals surface area contributed by atoms with Gasteiger partial charge in [-0.25, -0.2) is 4.79 Å². The van der Waals surface area contributed by atoms with Crippen molar-refractivity contribution in [3.8, 4) is 0 Å². The SMILES string of the molecule is NCCC(=O)NNC(=O)[C@@H]1CCC2CN1C(=O)N2OS(=O)(=O)O. The number of hydrogen-bond acceptors (Lipinski definition) is 7. The Morgan fingerprint density at radius 2 is 2.04 bits per heavy atom. The van der Waals surface area contributed by atoms with E-state index in [1.807, 2.05) is 0 Å². The topological polar surface area (TPSA) is 171 Å². The molecule has 1 unspecified atom stereocenters. The van der Waals surface area contributed by atoms with E-state index in [9.17, 15) is 22.8 Å². The zero-order valence-electron chi connectivity index (χ0n) is 12.0. The summed E-state index contributed by atoms with van der Waals surface area (Å²) >= 11 is 0. The lowest BCUT2D eigenvalue weighted by molar-refractivity contribution is -0.131. The van der Waals surface area contributed by atoms with Gasteiger partial charge in [-0.05, 0) is 12.8 Å². The first-order valence-electron chi connectivity index (χ1n) is 6.78. The molecule has 5 N–H and O–H groups in total. The van der Waals surface area contributed by atoms with E-state index in [-0.39, 0.29) is 25.9 Å². The number of carbonyl (C=O) groups excluding carboxylic acids is 3. The molecule has 2 bridgehead atoms. The molecule has 0 aromatic heterocycles. The number of hydrazine groups is 1. The van der Waals surface area contributed by atoms with Gasteiger partial charge in [-0.15, -0.1) is 4.28 Å². The third-order valence-corrected chi connectivity index (χ3v) is 3.85. The zero-order chi connectivity index (χ0) is 17.2. The van der Waals surface area contributed by atoms with Gasteiger partial charge in [-0.1, -0.05) is 0 Å². The maximum Gasteiger partial charge on any atom is 0.418 e. The summed E-state index contributed by atoms with van der Waals surface area (Å²) in [6, 6.07) is -2.31. The van der Waals surface area contributed by atoms with Crippen molar-refractivity contribution in [3.63, 3.8) is 0 Å². The van der Waals surface area contributed by atoms with E-state index in [1.54, 1.807) is 0 Å². The van der Waals surface area contributed by atoms with Crippen LogP contribution in [0.15, 0.2) is 0 Å². The molecule has 2 rings (SSSR count). The van der Waals surface area contributed by atoms with Crippen LogP contribution in [0.5, 0.6) is 0 Å². The van der Waals surface area contributed by atoms with Crippen molar-refractivity contribution >= 4 is 28.2 Å². The Morgan fingerprint density at radius 1 is 1.35 bits per heavy atom. The summed E-state index contributed by atoms with van der Waals surface area (Å²) < 4.78 is 34.4. The fourth-order valence-corrected chi connectivity index (χ4v) is 2.90. The van der Waals surface area contributed by atoms with Crippen molar-refractivity contribution in [1.29, 1.82) is 0 Å². The second-order valence-electron chi connectivity index (χ2n) is 5.09. The molecule has 2 saturated heterocycles.